The zero-order valence-corrected chi connectivity index (χ0v) is 43.4. The Kier molecular flexibility index (Phi) is 47.2. The summed E-state index contributed by atoms with van der Waals surface area (Å²) in [6.45, 7) is 4.27. The summed E-state index contributed by atoms with van der Waals surface area (Å²) in [6.07, 6.45) is 56.8. The second-order valence-corrected chi connectivity index (χ2v) is 18.4. The molecule has 0 bridgehead atoms. The van der Waals surface area contributed by atoms with Crippen molar-refractivity contribution in [2.75, 3.05) is 26.4 Å². The van der Waals surface area contributed by atoms with Crippen molar-refractivity contribution in [2.24, 2.45) is 0 Å². The number of rotatable bonds is 47. The number of esters is 3. The maximum Gasteiger partial charge on any atom is 0.472 e. The van der Waals surface area contributed by atoms with E-state index in [0.29, 0.717) is 19.3 Å². The van der Waals surface area contributed by atoms with Crippen molar-refractivity contribution in [1.29, 1.82) is 0 Å². The average Bonchev–Trinajstić information content (AvgIpc) is 3.32. The van der Waals surface area contributed by atoms with E-state index >= 15 is 0 Å². The van der Waals surface area contributed by atoms with Gasteiger partial charge in [0.25, 0.3) is 0 Å². The van der Waals surface area contributed by atoms with E-state index in [9.17, 15) is 28.9 Å². The first-order chi connectivity index (χ1) is 33.2. The number of carbonyl (C=O) groups is 3. The van der Waals surface area contributed by atoms with Crippen molar-refractivity contribution in [3.05, 3.63) is 97.2 Å². The van der Waals surface area contributed by atoms with Crippen LogP contribution in [-0.2, 0) is 42.2 Å². The van der Waals surface area contributed by atoms with Crippen LogP contribution in [0.5, 0.6) is 0 Å². The summed E-state index contributed by atoms with van der Waals surface area (Å²) < 4.78 is 39.2. The van der Waals surface area contributed by atoms with Crippen molar-refractivity contribution in [3.63, 3.8) is 0 Å². The van der Waals surface area contributed by atoms with Crippen molar-refractivity contribution in [3.8, 4) is 0 Å². The minimum atomic E-state index is -4.77. The zero-order valence-electron chi connectivity index (χ0n) is 42.5. The molecule has 0 aliphatic heterocycles. The van der Waals surface area contributed by atoms with Gasteiger partial charge in [-0.1, -0.05) is 195 Å². The van der Waals surface area contributed by atoms with Gasteiger partial charge in [0.1, 0.15) is 12.7 Å². The Labute approximate surface area is 412 Å². The van der Waals surface area contributed by atoms with E-state index in [0.717, 1.165) is 96.3 Å². The van der Waals surface area contributed by atoms with Gasteiger partial charge >= 0.3 is 25.7 Å². The molecule has 3 unspecified atom stereocenters. The first-order valence-electron chi connectivity index (χ1n) is 26.1. The number of phosphoric acid groups is 1. The number of aliphatic hydroxyl groups is 1. The van der Waals surface area contributed by atoms with Crippen LogP contribution in [0.25, 0.3) is 0 Å². The van der Waals surface area contributed by atoms with Crippen LogP contribution in [-0.4, -0.2) is 66.5 Å². The van der Waals surface area contributed by atoms with Crippen LogP contribution < -0.4 is 0 Å². The monoisotopic (exact) mass is 973 g/mol. The molecule has 0 saturated carbocycles. The molecule has 3 atom stereocenters. The highest BCUT2D eigenvalue weighted by molar-refractivity contribution is 7.47. The Hall–Kier alpha value is -3.60. The van der Waals surface area contributed by atoms with Gasteiger partial charge in [-0.3, -0.25) is 23.4 Å². The van der Waals surface area contributed by atoms with Gasteiger partial charge in [0, 0.05) is 19.3 Å². The minimum Gasteiger partial charge on any atom is -0.462 e. The minimum absolute atomic E-state index is 0.0507. The number of allylic oxidation sites excluding steroid dienone is 16. The molecule has 0 aromatic carbocycles. The molecule has 0 aromatic heterocycles. The van der Waals surface area contributed by atoms with Crippen LogP contribution in [0, 0.1) is 0 Å². The predicted octanol–water partition coefficient (Wildman–Crippen LogP) is 14.9. The predicted molar refractivity (Wildman–Crippen MR) is 279 cm³/mol. The summed E-state index contributed by atoms with van der Waals surface area (Å²) in [7, 11) is -4.77. The lowest BCUT2D eigenvalue weighted by atomic mass is 10.1. The summed E-state index contributed by atoms with van der Waals surface area (Å²) >= 11 is 0. The largest absolute Gasteiger partial charge is 0.472 e. The number of hydrogen-bond acceptors (Lipinski definition) is 10. The van der Waals surface area contributed by atoms with Gasteiger partial charge in [0.2, 0.25) is 0 Å². The van der Waals surface area contributed by atoms with Crippen LogP contribution >= 0.6 is 7.82 Å². The smallest absolute Gasteiger partial charge is 0.462 e. The molecular formula is C56H93O11P. The summed E-state index contributed by atoms with van der Waals surface area (Å²) in [5.41, 5.74) is 0. The molecule has 0 rings (SSSR count). The first-order valence-corrected chi connectivity index (χ1v) is 27.6. The van der Waals surface area contributed by atoms with E-state index in [1.165, 1.54) is 44.9 Å². The molecule has 0 aliphatic carbocycles. The molecule has 0 saturated heterocycles. The van der Waals surface area contributed by atoms with Crippen LogP contribution in [0.3, 0.4) is 0 Å². The quantitative estimate of drug-likeness (QED) is 0.0197. The number of ether oxygens (including phenoxy) is 3. The van der Waals surface area contributed by atoms with E-state index < -0.39 is 57.8 Å². The maximum absolute atomic E-state index is 12.8. The number of phosphoric ester groups is 1. The van der Waals surface area contributed by atoms with Crippen molar-refractivity contribution in [2.45, 2.75) is 213 Å². The fourth-order valence-electron chi connectivity index (χ4n) is 6.59. The lowest BCUT2D eigenvalue weighted by molar-refractivity contribution is -0.161. The van der Waals surface area contributed by atoms with Gasteiger partial charge in [-0.25, -0.2) is 4.57 Å². The molecule has 12 heteroatoms. The lowest BCUT2D eigenvalue weighted by Gasteiger charge is -2.21. The second-order valence-electron chi connectivity index (χ2n) is 16.9. The van der Waals surface area contributed by atoms with Gasteiger partial charge in [-0.2, -0.15) is 0 Å². The highest BCUT2D eigenvalue weighted by Crippen LogP contribution is 2.43. The molecule has 0 aromatic rings. The molecule has 388 valence electrons. The van der Waals surface area contributed by atoms with E-state index in [4.69, 9.17) is 23.3 Å². The highest BCUT2D eigenvalue weighted by Gasteiger charge is 2.28. The Morgan fingerprint density at radius 1 is 0.426 bits per heavy atom. The van der Waals surface area contributed by atoms with Crippen LogP contribution in [0.1, 0.15) is 201 Å². The van der Waals surface area contributed by atoms with E-state index in [1.807, 2.05) is 18.2 Å². The van der Waals surface area contributed by atoms with Crippen molar-refractivity contribution < 1.29 is 52.2 Å². The van der Waals surface area contributed by atoms with Crippen LogP contribution in [0.15, 0.2) is 97.2 Å². The van der Waals surface area contributed by atoms with Gasteiger partial charge < -0.3 is 24.2 Å². The van der Waals surface area contributed by atoms with E-state index in [1.54, 1.807) is 0 Å². The summed E-state index contributed by atoms with van der Waals surface area (Å²) in [5, 5.41) is 9.76. The van der Waals surface area contributed by atoms with E-state index in [-0.39, 0.29) is 25.9 Å². The summed E-state index contributed by atoms with van der Waals surface area (Å²) in [6, 6.07) is 0. The van der Waals surface area contributed by atoms with Gasteiger partial charge in [-0.15, -0.1) is 0 Å². The molecule has 68 heavy (non-hydrogen) atoms. The van der Waals surface area contributed by atoms with Crippen molar-refractivity contribution >= 4 is 25.7 Å². The summed E-state index contributed by atoms with van der Waals surface area (Å²) in [4.78, 5) is 48.3. The lowest BCUT2D eigenvalue weighted by Crippen LogP contribution is -2.30. The Bertz CT molecular complexity index is 1510. The molecule has 11 nitrogen and oxygen atoms in total. The molecule has 0 aliphatic rings. The van der Waals surface area contributed by atoms with Crippen LogP contribution in [0.2, 0.25) is 0 Å². The fourth-order valence-corrected chi connectivity index (χ4v) is 7.38. The topological polar surface area (TPSA) is 155 Å². The van der Waals surface area contributed by atoms with E-state index in [2.05, 4.69) is 99.8 Å². The Morgan fingerprint density at radius 3 is 1.26 bits per heavy atom. The van der Waals surface area contributed by atoms with Crippen molar-refractivity contribution in [1.82, 2.24) is 0 Å². The summed E-state index contributed by atoms with van der Waals surface area (Å²) in [5.74, 6) is -1.59. The molecule has 0 radical (unpaired) electrons. The first kappa shape index (κ1) is 64.4. The number of unbranched alkanes of at least 4 members (excludes halogenated alkanes) is 14. The molecular weight excluding hydrogens is 880 g/mol. The van der Waals surface area contributed by atoms with Gasteiger partial charge in [-0.05, 0) is 83.5 Å². The normalized spacial score (nSPS) is 14.2. The molecule has 2 N–H and O–H groups in total. The van der Waals surface area contributed by atoms with Crippen LogP contribution in [0.4, 0.5) is 0 Å². The Morgan fingerprint density at radius 2 is 0.794 bits per heavy atom. The standard InChI is InChI=1S/C56H93O11P/c1-4-7-10-13-16-19-22-24-25-26-27-29-32-35-38-41-44-47-56(60)67-53(49-63-54(58)45-42-39-36-33-30-21-18-15-12-9-6-3)51-65-68(61,62)64-50-52(48-57)66-55(59)46-43-40-37-34-31-28-23-20-17-14-11-8-5-2/h7-8,10-11,16-17,19-20,24-25,27-29,31,37,40,52-53,57H,4-6,9,12-15,18,21-23,26,30,32-36,38-39,41-51H2,1-3H3,(H,61,62)/b10-7-,11-8-,19-16-,20-17-,25-24-,29-27-,31-28-,40-37-. The average molecular weight is 973 g/mol. The number of aliphatic hydroxyl groups excluding tert-OH is 1. The van der Waals surface area contributed by atoms with Gasteiger partial charge in [0.05, 0.1) is 19.8 Å². The third-order valence-corrected chi connectivity index (χ3v) is 11.5. The second kappa shape index (κ2) is 49.8. The number of hydrogen-bond donors (Lipinski definition) is 2. The molecule has 0 amide bonds. The third kappa shape index (κ3) is 47.5. The fraction of sp³-hybridized carbons (Fsp3) is 0.661. The Balaban J connectivity index is 4.84. The molecule has 0 spiro atoms. The SMILES string of the molecule is CC/C=C\C/C=C\C/C=C\C/C=C\CCCCCCC(=O)OC(COC(=O)CCCCCCCCCCCCC)COP(=O)(O)OCC(CO)OC(=O)CC/C=C\C/C=C\C/C=C\C/C=C\CC. The third-order valence-electron chi connectivity index (χ3n) is 10.5. The number of carbonyl (C=O) groups excluding carboxylic acids is 3. The zero-order chi connectivity index (χ0) is 49.9. The van der Waals surface area contributed by atoms with Gasteiger partial charge in [0.15, 0.2) is 6.10 Å². The highest BCUT2D eigenvalue weighted by atomic mass is 31.2. The molecule has 0 fully saturated rings. The molecule has 0 heterocycles. The maximum atomic E-state index is 12.8.